The maximum atomic E-state index is 5.47. The van der Waals surface area contributed by atoms with Crippen molar-refractivity contribution in [3.05, 3.63) is 41.8 Å². The van der Waals surface area contributed by atoms with Gasteiger partial charge in [-0.1, -0.05) is 24.3 Å². The fourth-order valence-corrected chi connectivity index (χ4v) is 5.01. The third-order valence-electron chi connectivity index (χ3n) is 4.81. The quantitative estimate of drug-likeness (QED) is 0.449. The number of rotatable bonds is 5. The summed E-state index contributed by atoms with van der Waals surface area (Å²) in [5, 5.41) is 13.8. The van der Waals surface area contributed by atoms with Gasteiger partial charge in [0.15, 0.2) is 11.0 Å². The smallest absolute Gasteiger partial charge is 0.228 e. The number of para-hydroxylation sites is 1. The van der Waals surface area contributed by atoms with Gasteiger partial charge in [-0.2, -0.15) is 0 Å². The fraction of sp³-hybridized carbons (Fsp3) is 0.300. The van der Waals surface area contributed by atoms with Gasteiger partial charge in [-0.3, -0.25) is 4.57 Å². The number of hydrogen-bond donors (Lipinski definition) is 0. The molecule has 9 heteroatoms. The van der Waals surface area contributed by atoms with Gasteiger partial charge in [0.2, 0.25) is 5.95 Å². The van der Waals surface area contributed by atoms with Crippen molar-refractivity contribution >= 4 is 39.9 Å². The first-order chi connectivity index (χ1) is 14.3. The van der Waals surface area contributed by atoms with E-state index < -0.39 is 0 Å². The summed E-state index contributed by atoms with van der Waals surface area (Å²) in [4.78, 5) is 12.9. The second-order valence-electron chi connectivity index (χ2n) is 6.58. The number of ether oxygens (including phenoxy) is 1. The highest BCUT2D eigenvalue weighted by Crippen LogP contribution is 2.34. The van der Waals surface area contributed by atoms with Gasteiger partial charge in [0, 0.05) is 25.0 Å². The van der Waals surface area contributed by atoms with E-state index in [0.29, 0.717) is 0 Å². The van der Waals surface area contributed by atoms with E-state index in [2.05, 4.69) is 32.7 Å². The van der Waals surface area contributed by atoms with E-state index in [0.717, 1.165) is 70.6 Å². The molecule has 4 aromatic rings. The maximum absolute atomic E-state index is 5.47. The first kappa shape index (κ1) is 18.5. The highest BCUT2D eigenvalue weighted by Gasteiger charge is 2.21. The molecule has 0 bridgehead atoms. The van der Waals surface area contributed by atoms with Crippen LogP contribution in [-0.4, -0.2) is 51.0 Å². The molecule has 4 heterocycles. The molecule has 3 aromatic heterocycles. The molecule has 0 unspecified atom stereocenters. The van der Waals surface area contributed by atoms with Gasteiger partial charge in [-0.25, -0.2) is 9.97 Å². The van der Waals surface area contributed by atoms with Gasteiger partial charge in [0.1, 0.15) is 5.03 Å². The fourth-order valence-electron chi connectivity index (χ4n) is 3.36. The summed E-state index contributed by atoms with van der Waals surface area (Å²) in [5.41, 5.74) is 0.935. The van der Waals surface area contributed by atoms with Gasteiger partial charge < -0.3 is 9.64 Å². The Morgan fingerprint density at radius 2 is 1.93 bits per heavy atom. The lowest BCUT2D eigenvalue weighted by Crippen LogP contribution is -2.38. The van der Waals surface area contributed by atoms with Crippen LogP contribution in [0.25, 0.3) is 21.6 Å². The predicted molar refractivity (Wildman–Crippen MR) is 116 cm³/mol. The molecular weight excluding hydrogens is 404 g/mol. The predicted octanol–water partition coefficient (Wildman–Crippen LogP) is 3.96. The summed E-state index contributed by atoms with van der Waals surface area (Å²) in [7, 11) is 0. The standard InChI is InChI=1S/C20H20N6OS2/c1-2-26-19(25-9-11-27-12-10-25)23-24-20(26)29-18-14-6-3-4-7-15(14)21-17(22-18)16-8-5-13-28-16/h3-8,13H,2,9-12H2,1H3. The molecule has 0 aliphatic carbocycles. The molecule has 29 heavy (non-hydrogen) atoms. The van der Waals surface area contributed by atoms with Crippen LogP contribution >= 0.6 is 23.1 Å². The van der Waals surface area contributed by atoms with Crippen molar-refractivity contribution in [2.75, 3.05) is 31.2 Å². The number of benzene rings is 1. The minimum Gasteiger partial charge on any atom is -0.378 e. The molecule has 1 fully saturated rings. The molecule has 148 valence electrons. The SMILES string of the molecule is CCn1c(Sc2nc(-c3cccs3)nc3ccccc23)nnc1N1CCOCC1. The van der Waals surface area contributed by atoms with Crippen LogP contribution in [0.3, 0.4) is 0 Å². The Hall–Kier alpha value is -2.49. The average molecular weight is 425 g/mol. The van der Waals surface area contributed by atoms with E-state index in [1.54, 1.807) is 23.1 Å². The lowest BCUT2D eigenvalue weighted by molar-refractivity contribution is 0.121. The van der Waals surface area contributed by atoms with Crippen molar-refractivity contribution in [2.24, 2.45) is 0 Å². The normalized spacial score (nSPS) is 14.6. The lowest BCUT2D eigenvalue weighted by Gasteiger charge is -2.27. The molecular formula is C20H20N6OS2. The van der Waals surface area contributed by atoms with Crippen molar-refractivity contribution in [2.45, 2.75) is 23.7 Å². The summed E-state index contributed by atoms with van der Waals surface area (Å²) in [6, 6.07) is 12.2. The van der Waals surface area contributed by atoms with Gasteiger partial charge >= 0.3 is 0 Å². The summed E-state index contributed by atoms with van der Waals surface area (Å²) in [6.07, 6.45) is 0. The van der Waals surface area contributed by atoms with Crippen LogP contribution < -0.4 is 4.90 Å². The van der Waals surface area contributed by atoms with Crippen molar-refractivity contribution in [3.8, 4) is 10.7 Å². The molecule has 0 saturated carbocycles. The van der Waals surface area contributed by atoms with Crippen LogP contribution in [0.2, 0.25) is 0 Å². The zero-order valence-corrected chi connectivity index (χ0v) is 17.6. The third-order valence-corrected chi connectivity index (χ3v) is 6.66. The highest BCUT2D eigenvalue weighted by molar-refractivity contribution is 7.99. The van der Waals surface area contributed by atoms with Crippen LogP contribution in [0.15, 0.2) is 52.0 Å². The average Bonchev–Trinajstić information content (AvgIpc) is 3.44. The van der Waals surface area contributed by atoms with E-state index in [1.165, 1.54) is 0 Å². The summed E-state index contributed by atoms with van der Waals surface area (Å²) < 4.78 is 7.62. The Morgan fingerprint density at radius 3 is 2.72 bits per heavy atom. The van der Waals surface area contributed by atoms with Gasteiger partial charge in [-0.15, -0.1) is 21.5 Å². The van der Waals surface area contributed by atoms with E-state index in [1.807, 2.05) is 35.7 Å². The zero-order valence-electron chi connectivity index (χ0n) is 16.0. The van der Waals surface area contributed by atoms with Crippen molar-refractivity contribution in [3.63, 3.8) is 0 Å². The molecule has 1 aliphatic rings. The van der Waals surface area contributed by atoms with Crippen molar-refractivity contribution in [1.29, 1.82) is 0 Å². The van der Waals surface area contributed by atoms with Crippen molar-refractivity contribution < 1.29 is 4.74 Å². The first-order valence-corrected chi connectivity index (χ1v) is 11.3. The summed E-state index contributed by atoms with van der Waals surface area (Å²) in [5.74, 6) is 1.65. The van der Waals surface area contributed by atoms with Gasteiger partial charge in [0.05, 0.1) is 23.6 Å². The number of hydrogen-bond acceptors (Lipinski definition) is 8. The Kier molecular flexibility index (Phi) is 5.17. The Labute approximate surface area is 176 Å². The van der Waals surface area contributed by atoms with E-state index in [4.69, 9.17) is 14.7 Å². The Bertz CT molecular complexity index is 1120. The van der Waals surface area contributed by atoms with E-state index in [-0.39, 0.29) is 0 Å². The minimum absolute atomic E-state index is 0.722. The number of fused-ring (bicyclic) bond motifs is 1. The molecule has 0 spiro atoms. The Balaban J connectivity index is 1.56. The first-order valence-electron chi connectivity index (χ1n) is 9.58. The molecule has 7 nitrogen and oxygen atoms in total. The van der Waals surface area contributed by atoms with E-state index >= 15 is 0 Å². The maximum Gasteiger partial charge on any atom is 0.228 e. The minimum atomic E-state index is 0.722. The third kappa shape index (κ3) is 3.61. The van der Waals surface area contributed by atoms with Crippen LogP contribution in [0.4, 0.5) is 5.95 Å². The van der Waals surface area contributed by atoms with Crippen LogP contribution in [0.5, 0.6) is 0 Å². The number of nitrogens with zero attached hydrogens (tertiary/aromatic N) is 6. The molecule has 5 rings (SSSR count). The molecule has 0 atom stereocenters. The van der Waals surface area contributed by atoms with E-state index in [9.17, 15) is 0 Å². The molecule has 1 aliphatic heterocycles. The number of thiophene rings is 1. The zero-order chi connectivity index (χ0) is 19.6. The summed E-state index contributed by atoms with van der Waals surface area (Å²) in [6.45, 7) is 6.03. The lowest BCUT2D eigenvalue weighted by atomic mass is 10.2. The summed E-state index contributed by atoms with van der Waals surface area (Å²) >= 11 is 3.19. The van der Waals surface area contributed by atoms with Crippen molar-refractivity contribution in [1.82, 2.24) is 24.7 Å². The van der Waals surface area contributed by atoms with Crippen LogP contribution in [-0.2, 0) is 11.3 Å². The highest BCUT2D eigenvalue weighted by atomic mass is 32.2. The largest absolute Gasteiger partial charge is 0.378 e. The number of morpholine rings is 1. The molecule has 0 amide bonds. The topological polar surface area (TPSA) is 69.0 Å². The number of anilines is 1. The Morgan fingerprint density at radius 1 is 1.07 bits per heavy atom. The molecule has 1 saturated heterocycles. The van der Waals surface area contributed by atoms with Crippen LogP contribution in [0.1, 0.15) is 6.92 Å². The van der Waals surface area contributed by atoms with Gasteiger partial charge in [0.25, 0.3) is 0 Å². The second kappa shape index (κ2) is 8.10. The second-order valence-corrected chi connectivity index (χ2v) is 8.48. The van der Waals surface area contributed by atoms with Crippen LogP contribution in [0, 0.1) is 0 Å². The number of aromatic nitrogens is 5. The monoisotopic (exact) mass is 424 g/mol. The van der Waals surface area contributed by atoms with Gasteiger partial charge in [-0.05, 0) is 36.2 Å². The molecule has 0 N–H and O–H groups in total. The molecule has 1 aromatic carbocycles. The molecule has 0 radical (unpaired) electrons.